The number of benzene rings is 5. The summed E-state index contributed by atoms with van der Waals surface area (Å²) in [6.07, 6.45) is 5.32. The lowest BCUT2D eigenvalue weighted by Crippen LogP contribution is -2.34. The van der Waals surface area contributed by atoms with Gasteiger partial charge >= 0.3 is 0 Å². The molecule has 1 heterocycles. The topological polar surface area (TPSA) is 21.6 Å². The van der Waals surface area contributed by atoms with Gasteiger partial charge < -0.3 is 4.74 Å². The Labute approximate surface area is 351 Å². The summed E-state index contributed by atoms with van der Waals surface area (Å²) >= 11 is 0. The van der Waals surface area contributed by atoms with Crippen molar-refractivity contribution in [2.24, 2.45) is 4.99 Å². The van der Waals surface area contributed by atoms with Crippen molar-refractivity contribution in [3.05, 3.63) is 159 Å². The highest BCUT2D eigenvalue weighted by atomic mass is 31.1. The maximum atomic E-state index is 6.59. The van der Waals surface area contributed by atoms with Crippen molar-refractivity contribution < 1.29 is 4.74 Å². The Morgan fingerprint density at radius 1 is 0.569 bits per heavy atom. The van der Waals surface area contributed by atoms with Crippen LogP contribution < -0.4 is 15.9 Å². The molecule has 0 bridgehead atoms. The van der Waals surface area contributed by atoms with Crippen molar-refractivity contribution in [1.82, 2.24) is 0 Å². The largest absolute Gasteiger partial charge is 0.475 e. The SMILES string of the molecule is CC(C)(C)c1cc(P(c2cc(C(C)(C)C)cc(C(C)(C)C)c2)c2cccc3c2C2(CCc4cccc(C5=NC(Cc6ccccc6)CO5)c42)CC3)cc(C(C)(C)C)c1. The van der Waals surface area contributed by atoms with Gasteiger partial charge in [0.1, 0.15) is 6.61 Å². The van der Waals surface area contributed by atoms with E-state index in [1.165, 1.54) is 66.0 Å². The van der Waals surface area contributed by atoms with E-state index in [9.17, 15) is 0 Å². The van der Waals surface area contributed by atoms with E-state index in [1.807, 2.05) is 0 Å². The van der Waals surface area contributed by atoms with Crippen LogP contribution in [-0.4, -0.2) is 18.5 Å². The van der Waals surface area contributed by atoms with Crippen molar-refractivity contribution in [2.45, 2.75) is 148 Å². The summed E-state index contributed by atoms with van der Waals surface area (Å²) in [7, 11) is -0.951. The summed E-state index contributed by atoms with van der Waals surface area (Å²) in [6, 6.07) is 40.5. The molecule has 0 N–H and O–H groups in total. The minimum atomic E-state index is -0.951. The van der Waals surface area contributed by atoms with E-state index in [0.717, 1.165) is 38.0 Å². The van der Waals surface area contributed by atoms with Crippen LogP contribution in [0.3, 0.4) is 0 Å². The standard InChI is InChI=1S/C55H66NOP/c1-51(2,3)39-29-40(52(4,5)6)32-44(31-39)58(45-33-41(53(7,8)9)30-42(34-45)54(10,11)12)47-23-17-21-38-25-27-55(49(38)47)26-24-37-20-16-22-46(48(37)55)50-56-43(35-57-50)28-36-18-14-13-15-19-36/h13-23,29-34,43H,24-28,35H2,1-12H3. The first-order valence-electron chi connectivity index (χ1n) is 21.8. The molecule has 2 unspecified atom stereocenters. The summed E-state index contributed by atoms with van der Waals surface area (Å²) < 4.78 is 6.59. The van der Waals surface area contributed by atoms with Crippen molar-refractivity contribution >= 4 is 29.7 Å². The summed E-state index contributed by atoms with van der Waals surface area (Å²) in [5, 5.41) is 4.46. The maximum absolute atomic E-state index is 6.59. The predicted octanol–water partition coefficient (Wildman–Crippen LogP) is 12.2. The molecule has 0 radical (unpaired) electrons. The second kappa shape index (κ2) is 14.6. The van der Waals surface area contributed by atoms with E-state index in [2.05, 4.69) is 186 Å². The second-order valence-electron chi connectivity index (χ2n) is 21.7. The van der Waals surface area contributed by atoms with Crippen molar-refractivity contribution in [1.29, 1.82) is 0 Å². The Morgan fingerprint density at radius 3 is 1.55 bits per heavy atom. The Bertz CT molecular complexity index is 2230. The number of fused-ring (bicyclic) bond motifs is 4. The van der Waals surface area contributed by atoms with Gasteiger partial charge in [0.25, 0.3) is 0 Å². The third-order valence-corrected chi connectivity index (χ3v) is 15.6. The summed E-state index contributed by atoms with van der Waals surface area (Å²) in [5.74, 6) is 0.840. The minimum absolute atomic E-state index is 0.0143. The van der Waals surface area contributed by atoms with Crippen LogP contribution in [0.25, 0.3) is 0 Å². The van der Waals surface area contributed by atoms with Crippen LogP contribution in [-0.2, 0) is 51.1 Å². The monoisotopic (exact) mass is 787 g/mol. The molecule has 302 valence electrons. The predicted molar refractivity (Wildman–Crippen MR) is 250 cm³/mol. The number of hydrogen-bond acceptors (Lipinski definition) is 2. The molecule has 3 heteroatoms. The average Bonchev–Trinajstić information content (AvgIpc) is 3.89. The van der Waals surface area contributed by atoms with Crippen molar-refractivity contribution in [3.63, 3.8) is 0 Å². The molecule has 0 saturated carbocycles. The van der Waals surface area contributed by atoms with Gasteiger partial charge in [-0.2, -0.15) is 0 Å². The zero-order valence-corrected chi connectivity index (χ0v) is 38.3. The molecule has 0 fully saturated rings. The summed E-state index contributed by atoms with van der Waals surface area (Å²) in [4.78, 5) is 5.32. The quantitative estimate of drug-likeness (QED) is 0.157. The van der Waals surface area contributed by atoms with E-state index in [4.69, 9.17) is 9.73 Å². The molecule has 8 rings (SSSR count). The summed E-state index contributed by atoms with van der Waals surface area (Å²) in [6.45, 7) is 29.2. The first-order valence-corrected chi connectivity index (χ1v) is 23.2. The van der Waals surface area contributed by atoms with Crippen LogP contribution in [0.4, 0.5) is 0 Å². The molecule has 0 amide bonds. The molecule has 2 aliphatic carbocycles. The molecule has 1 spiro atoms. The Hall–Kier alpha value is -4.00. The van der Waals surface area contributed by atoms with Gasteiger partial charge in [0, 0.05) is 11.0 Å². The number of hydrogen-bond donors (Lipinski definition) is 0. The first-order chi connectivity index (χ1) is 27.2. The van der Waals surface area contributed by atoms with E-state index in [1.54, 1.807) is 5.56 Å². The van der Waals surface area contributed by atoms with Gasteiger partial charge in [-0.3, -0.25) is 0 Å². The fraction of sp³-hybridized carbons (Fsp3) is 0.436. The normalized spacial score (nSPS) is 19.4. The van der Waals surface area contributed by atoms with Gasteiger partial charge in [0.05, 0.1) is 6.04 Å². The zero-order valence-electron chi connectivity index (χ0n) is 37.4. The molecule has 0 saturated heterocycles. The first kappa shape index (κ1) is 40.8. The van der Waals surface area contributed by atoms with Gasteiger partial charge in [-0.1, -0.05) is 180 Å². The zero-order chi connectivity index (χ0) is 41.4. The van der Waals surface area contributed by atoms with Gasteiger partial charge in [0.2, 0.25) is 5.90 Å². The van der Waals surface area contributed by atoms with Crippen molar-refractivity contribution in [3.8, 4) is 0 Å². The molecule has 5 aromatic carbocycles. The molecule has 5 aromatic rings. The Balaban J connectivity index is 1.37. The fourth-order valence-electron chi connectivity index (χ4n) is 9.73. The highest BCUT2D eigenvalue weighted by molar-refractivity contribution is 7.80. The Kier molecular flexibility index (Phi) is 10.3. The fourth-order valence-corrected chi connectivity index (χ4v) is 12.5. The third kappa shape index (κ3) is 7.65. The average molecular weight is 788 g/mol. The Morgan fingerprint density at radius 2 is 1.05 bits per heavy atom. The number of rotatable bonds is 6. The molecular formula is C55H66NOP. The van der Waals surface area contributed by atoms with Crippen molar-refractivity contribution in [2.75, 3.05) is 6.61 Å². The van der Waals surface area contributed by atoms with Crippen LogP contribution in [0.15, 0.2) is 108 Å². The van der Waals surface area contributed by atoms with Crippen LogP contribution in [0.2, 0.25) is 0 Å². The number of aliphatic imine (C=N–C) groups is 1. The van der Waals surface area contributed by atoms with E-state index in [0.29, 0.717) is 6.61 Å². The molecule has 1 aliphatic heterocycles. The molecule has 2 nitrogen and oxygen atoms in total. The van der Waals surface area contributed by atoms with E-state index in [-0.39, 0.29) is 33.1 Å². The van der Waals surface area contributed by atoms with Gasteiger partial charge in [-0.05, 0) is 134 Å². The second-order valence-corrected chi connectivity index (χ2v) is 23.9. The molecule has 58 heavy (non-hydrogen) atoms. The molecule has 0 aromatic heterocycles. The lowest BCUT2D eigenvalue weighted by Gasteiger charge is -2.35. The minimum Gasteiger partial charge on any atom is -0.475 e. The maximum Gasteiger partial charge on any atom is 0.216 e. The van der Waals surface area contributed by atoms with Crippen LogP contribution in [0.1, 0.15) is 152 Å². The van der Waals surface area contributed by atoms with Gasteiger partial charge in [-0.25, -0.2) is 4.99 Å². The lowest BCUT2D eigenvalue weighted by atomic mass is 9.74. The third-order valence-electron chi connectivity index (χ3n) is 13.2. The number of ether oxygens (including phenoxy) is 1. The highest BCUT2D eigenvalue weighted by Crippen LogP contribution is 2.55. The van der Waals surface area contributed by atoms with Gasteiger partial charge in [-0.15, -0.1) is 0 Å². The molecule has 3 aliphatic rings. The molecule has 2 atom stereocenters. The van der Waals surface area contributed by atoms with E-state index < -0.39 is 7.92 Å². The molecular weight excluding hydrogens is 722 g/mol. The number of aryl methyl sites for hydroxylation is 2. The van der Waals surface area contributed by atoms with Crippen LogP contribution in [0.5, 0.6) is 0 Å². The highest BCUT2D eigenvalue weighted by Gasteiger charge is 2.49. The smallest absolute Gasteiger partial charge is 0.216 e. The van der Waals surface area contributed by atoms with E-state index >= 15 is 0 Å². The van der Waals surface area contributed by atoms with Crippen LogP contribution in [0, 0.1) is 0 Å². The summed E-state index contributed by atoms with van der Waals surface area (Å²) in [5.41, 5.74) is 14.2. The number of nitrogens with zero attached hydrogens (tertiary/aromatic N) is 1. The van der Waals surface area contributed by atoms with Gasteiger partial charge in [0.15, 0.2) is 0 Å². The lowest BCUT2D eigenvalue weighted by molar-refractivity contribution is 0.316. The van der Waals surface area contributed by atoms with Crippen LogP contribution >= 0.6 is 7.92 Å².